The van der Waals surface area contributed by atoms with Crippen LogP contribution in [-0.2, 0) is 28.5 Å². The number of hydrogen-bond acceptors (Lipinski definition) is 23. The largest absolute Gasteiger partial charge is 0.508 e. The molecule has 4 heterocycles. The highest BCUT2D eigenvalue weighted by atomic mass is 16.8. The molecule has 0 radical (unpaired) electrons. The molecule has 0 aliphatic carbocycles. The lowest BCUT2D eigenvalue weighted by molar-refractivity contribution is -0.354. The Kier molecular flexibility index (Phi) is 14.8. The fourth-order valence-electron chi connectivity index (χ4n) is 7.55. The summed E-state index contributed by atoms with van der Waals surface area (Å²) in [6.45, 7) is 2.01. The molecule has 23 heteroatoms. The van der Waals surface area contributed by atoms with Gasteiger partial charge in [0.05, 0.1) is 26.4 Å². The van der Waals surface area contributed by atoms with Crippen LogP contribution in [-0.4, -0.2) is 175 Å². The number of hydrogen-bond donors (Lipinski definition) is 11. The maximum absolute atomic E-state index is 14.6. The van der Waals surface area contributed by atoms with E-state index in [4.69, 9.17) is 47.0 Å². The number of phenols is 3. The molecule has 67 heavy (non-hydrogen) atoms. The summed E-state index contributed by atoms with van der Waals surface area (Å²) in [6, 6.07) is 10.0. The molecule has 3 saturated heterocycles. The molecule has 15 atom stereocenters. The second-order valence-electron chi connectivity index (χ2n) is 15.9. The number of ether oxygens (including phenoxy) is 9. The molecule has 3 aliphatic heterocycles. The summed E-state index contributed by atoms with van der Waals surface area (Å²) in [6.07, 6.45) is -23.0. The van der Waals surface area contributed by atoms with Gasteiger partial charge in [-0.2, -0.15) is 0 Å². The average Bonchev–Trinajstić information content (AvgIpc) is 3.30. The summed E-state index contributed by atoms with van der Waals surface area (Å²) in [5, 5.41) is 117. The Morgan fingerprint density at radius 3 is 1.90 bits per heavy atom. The number of aromatic hydroxyl groups is 3. The van der Waals surface area contributed by atoms with Gasteiger partial charge in [-0.3, -0.25) is 4.79 Å². The molecule has 7 rings (SSSR count). The summed E-state index contributed by atoms with van der Waals surface area (Å²) in [4.78, 5) is 27.5. The second kappa shape index (κ2) is 20.2. The SMILES string of the molecule is COc1cc(/C=C/C(=O)OCC2O[C@@H](Oc3c(-c4ccc(O)cc4)oc4cc(O[C@@H]5OC(C)[C@H](O)C(O)[C@@H]5O)cc(O)c4c3=O)C(O[C@@H]3OC(C)[C@H](O)C(O)C3O)C(O)[C@@H]2O)cc(OC)c1O. The van der Waals surface area contributed by atoms with Gasteiger partial charge in [-0.15, -0.1) is 0 Å². The monoisotopic (exact) mass is 946 g/mol. The Bertz CT molecular complexity index is 2450. The maximum Gasteiger partial charge on any atom is 0.330 e. The molecule has 23 nitrogen and oxygen atoms in total. The highest BCUT2D eigenvalue weighted by Crippen LogP contribution is 2.40. The minimum atomic E-state index is -2.07. The summed E-state index contributed by atoms with van der Waals surface area (Å²) >= 11 is 0. The second-order valence-corrected chi connectivity index (χ2v) is 15.9. The first kappa shape index (κ1) is 49.1. The van der Waals surface area contributed by atoms with Gasteiger partial charge < -0.3 is 103 Å². The number of rotatable bonds is 13. The van der Waals surface area contributed by atoms with Gasteiger partial charge in [0.25, 0.3) is 0 Å². The van der Waals surface area contributed by atoms with Gasteiger partial charge in [-0.25, -0.2) is 4.79 Å². The first-order valence-electron chi connectivity index (χ1n) is 20.6. The van der Waals surface area contributed by atoms with Crippen LogP contribution in [0.4, 0.5) is 0 Å². The normalized spacial score (nSPS) is 32.2. The van der Waals surface area contributed by atoms with Gasteiger partial charge in [0, 0.05) is 23.8 Å². The lowest BCUT2D eigenvalue weighted by atomic mass is 9.97. The van der Waals surface area contributed by atoms with Crippen LogP contribution in [0.5, 0.6) is 40.2 Å². The van der Waals surface area contributed by atoms with Crippen molar-refractivity contribution in [2.24, 2.45) is 0 Å². The van der Waals surface area contributed by atoms with Crippen molar-refractivity contribution < 1.29 is 108 Å². The van der Waals surface area contributed by atoms with Crippen LogP contribution < -0.4 is 24.4 Å². The number of fused-ring (bicyclic) bond motifs is 1. The quantitative estimate of drug-likeness (QED) is 0.0571. The Morgan fingerprint density at radius 2 is 1.28 bits per heavy atom. The van der Waals surface area contributed by atoms with E-state index in [0.717, 1.165) is 18.2 Å². The lowest BCUT2D eigenvalue weighted by Crippen LogP contribution is -2.64. The standard InChI is InChI=1S/C44H50O23/c1-16-29(48)34(53)37(56)42(61-16)63-21-13-22(46)28-23(14-21)64-39(19-6-8-20(45)9-7-19)40(33(28)52)66-44-41(67-43-38(57)35(54)30(49)17(2)62-43)36(55)32(51)26(65-44)15-60-27(47)10-5-18-11-24(58-3)31(50)25(12-18)59-4/h5-14,16-17,26,29-30,32,34-38,41-46,48-51,53-57H,15H2,1-4H3/b10-5+/t16?,17?,26?,29-,30-,32+,34?,35?,36?,37-,38?,41?,42-,43-,44-/m0/s1. The number of benzene rings is 3. The Balaban J connectivity index is 1.23. The lowest BCUT2D eigenvalue weighted by Gasteiger charge is -2.45. The van der Waals surface area contributed by atoms with Crippen molar-refractivity contribution in [1.82, 2.24) is 0 Å². The van der Waals surface area contributed by atoms with E-state index in [-0.39, 0.29) is 39.9 Å². The van der Waals surface area contributed by atoms with Crippen LogP contribution in [0.3, 0.4) is 0 Å². The van der Waals surface area contributed by atoms with E-state index in [9.17, 15) is 65.8 Å². The molecular weight excluding hydrogens is 896 g/mol. The minimum Gasteiger partial charge on any atom is -0.508 e. The van der Waals surface area contributed by atoms with Gasteiger partial charge in [-0.05, 0) is 61.9 Å². The van der Waals surface area contributed by atoms with Crippen molar-refractivity contribution >= 4 is 23.0 Å². The average molecular weight is 947 g/mol. The van der Waals surface area contributed by atoms with Gasteiger partial charge in [0.1, 0.15) is 89.8 Å². The van der Waals surface area contributed by atoms with Crippen LogP contribution >= 0.6 is 0 Å². The Hall–Kier alpha value is -5.80. The number of carbonyl (C=O) groups is 1. The van der Waals surface area contributed by atoms with E-state index in [1.807, 2.05) is 0 Å². The molecule has 3 aliphatic rings. The van der Waals surface area contributed by atoms with Gasteiger partial charge in [-0.1, -0.05) is 0 Å². The smallest absolute Gasteiger partial charge is 0.330 e. The van der Waals surface area contributed by atoms with E-state index < -0.39 is 133 Å². The predicted molar refractivity (Wildman–Crippen MR) is 224 cm³/mol. The van der Waals surface area contributed by atoms with Crippen LogP contribution in [0.25, 0.3) is 28.4 Å². The zero-order valence-electron chi connectivity index (χ0n) is 36.0. The van der Waals surface area contributed by atoms with E-state index in [1.54, 1.807) is 0 Å². The summed E-state index contributed by atoms with van der Waals surface area (Å²) in [7, 11) is 2.62. The number of phenolic OH excluding ortho intramolecular Hbond substituents is 3. The molecule has 0 amide bonds. The zero-order chi connectivity index (χ0) is 48.6. The molecule has 0 bridgehead atoms. The molecular formula is C44H50O23. The van der Waals surface area contributed by atoms with Gasteiger partial charge in [0.2, 0.25) is 29.5 Å². The third-order valence-electron chi connectivity index (χ3n) is 11.4. The highest BCUT2D eigenvalue weighted by molar-refractivity contribution is 5.89. The predicted octanol–water partition coefficient (Wildman–Crippen LogP) is -0.905. The highest BCUT2D eigenvalue weighted by Gasteiger charge is 2.52. The minimum absolute atomic E-state index is 0.0427. The van der Waals surface area contributed by atoms with Gasteiger partial charge >= 0.3 is 5.97 Å². The molecule has 11 N–H and O–H groups in total. The van der Waals surface area contributed by atoms with E-state index >= 15 is 0 Å². The maximum atomic E-state index is 14.6. The Morgan fingerprint density at radius 1 is 0.687 bits per heavy atom. The molecule has 364 valence electrons. The van der Waals surface area contributed by atoms with Crippen molar-refractivity contribution in [2.75, 3.05) is 20.8 Å². The molecule has 3 fully saturated rings. The van der Waals surface area contributed by atoms with E-state index in [1.165, 1.54) is 70.5 Å². The molecule has 1 aromatic heterocycles. The van der Waals surface area contributed by atoms with Crippen LogP contribution in [0.2, 0.25) is 0 Å². The van der Waals surface area contributed by atoms with Crippen molar-refractivity contribution in [3.05, 3.63) is 70.4 Å². The number of aliphatic hydroxyl groups excluding tert-OH is 8. The molecule has 0 spiro atoms. The summed E-state index contributed by atoms with van der Waals surface area (Å²) in [5.74, 6) is -3.50. The number of methoxy groups -OCH3 is 2. The first-order valence-corrected chi connectivity index (χ1v) is 20.6. The number of carbonyl (C=O) groups excluding carboxylic acids is 1. The zero-order valence-corrected chi connectivity index (χ0v) is 36.0. The summed E-state index contributed by atoms with van der Waals surface area (Å²) < 4.78 is 56.6. The topological polar surface area (TPSA) is 353 Å². The van der Waals surface area contributed by atoms with Crippen molar-refractivity contribution in [2.45, 2.75) is 106 Å². The number of aliphatic hydroxyl groups is 8. The van der Waals surface area contributed by atoms with Gasteiger partial charge in [0.15, 0.2) is 29.7 Å². The van der Waals surface area contributed by atoms with Crippen molar-refractivity contribution in [1.29, 1.82) is 0 Å². The fraction of sp³-hybridized carbons (Fsp3) is 0.455. The number of esters is 1. The Labute approximate surface area is 379 Å². The third-order valence-corrected chi connectivity index (χ3v) is 11.4. The molecule has 0 saturated carbocycles. The van der Waals surface area contributed by atoms with Crippen LogP contribution in [0, 0.1) is 0 Å². The van der Waals surface area contributed by atoms with E-state index in [0.29, 0.717) is 5.56 Å². The molecule has 3 aromatic carbocycles. The van der Waals surface area contributed by atoms with Crippen molar-refractivity contribution in [3.63, 3.8) is 0 Å². The molecule has 8 unspecified atom stereocenters. The van der Waals surface area contributed by atoms with Crippen molar-refractivity contribution in [3.8, 4) is 51.6 Å². The third kappa shape index (κ3) is 10.1. The fourth-order valence-corrected chi connectivity index (χ4v) is 7.55. The molecule has 4 aromatic rings. The van der Waals surface area contributed by atoms with E-state index in [2.05, 4.69) is 0 Å². The van der Waals surface area contributed by atoms with Crippen LogP contribution in [0.1, 0.15) is 19.4 Å². The summed E-state index contributed by atoms with van der Waals surface area (Å²) in [5.41, 5.74) is -1.01. The first-order chi connectivity index (χ1) is 31.8. The van der Waals surface area contributed by atoms with Crippen LogP contribution in [0.15, 0.2) is 63.8 Å².